The van der Waals surface area contributed by atoms with E-state index in [1.54, 1.807) is 0 Å². The van der Waals surface area contributed by atoms with Gasteiger partial charge in [-0.05, 0) is 37.9 Å². The Morgan fingerprint density at radius 1 is 0.667 bits per heavy atom. The topological polar surface area (TPSA) is 0 Å². The summed E-state index contributed by atoms with van der Waals surface area (Å²) in [6.45, 7) is 0. The van der Waals surface area contributed by atoms with Gasteiger partial charge in [0.2, 0.25) is 0 Å². The molecule has 0 saturated heterocycles. The maximum absolute atomic E-state index is 2.25. The third kappa shape index (κ3) is 1.43. The summed E-state index contributed by atoms with van der Waals surface area (Å²) in [6, 6.07) is 0. The summed E-state index contributed by atoms with van der Waals surface area (Å²) in [4.78, 5) is 0. The van der Waals surface area contributed by atoms with Gasteiger partial charge in [0, 0.05) is 0 Å². The zero-order valence-corrected chi connectivity index (χ0v) is 11.3. The fourth-order valence-electron chi connectivity index (χ4n) is 1.73. The highest BCUT2D eigenvalue weighted by molar-refractivity contribution is 8.24. The largest absolute Gasteiger partial charge is 0.145 e. The lowest BCUT2D eigenvalue weighted by Gasteiger charge is -2.56. The van der Waals surface area contributed by atoms with E-state index in [1.807, 2.05) is 47.0 Å². The van der Waals surface area contributed by atoms with Crippen LogP contribution in [0.2, 0.25) is 0 Å². The Labute approximate surface area is 92.8 Å². The predicted molar refractivity (Wildman–Crippen MR) is 68.8 cm³/mol. The summed E-state index contributed by atoms with van der Waals surface area (Å²) in [6.07, 6.45) is 11.7. The minimum atomic E-state index is 0.478. The number of thioether (sulfide) groups is 4. The molecule has 1 aliphatic carbocycles. The second-order valence-corrected chi connectivity index (χ2v) is 7.76. The van der Waals surface area contributed by atoms with E-state index in [9.17, 15) is 0 Å². The van der Waals surface area contributed by atoms with Crippen molar-refractivity contribution < 1.29 is 0 Å². The summed E-state index contributed by atoms with van der Waals surface area (Å²) in [5, 5.41) is 0. The lowest BCUT2D eigenvalue weighted by Crippen LogP contribution is -2.53. The molecule has 0 atom stereocenters. The molecule has 0 nitrogen and oxygen atoms in total. The van der Waals surface area contributed by atoms with Crippen molar-refractivity contribution in [2.45, 2.75) is 21.0 Å². The molecule has 0 aromatic heterocycles. The van der Waals surface area contributed by atoms with Gasteiger partial charge in [-0.25, -0.2) is 0 Å². The molecule has 0 unspecified atom stereocenters. The molecule has 0 radical (unpaired) electrons. The molecule has 1 rings (SSSR count). The molecule has 0 amide bonds. The van der Waals surface area contributed by atoms with Crippen molar-refractivity contribution in [2.75, 3.05) is 25.0 Å². The van der Waals surface area contributed by atoms with Gasteiger partial charge in [-0.3, -0.25) is 0 Å². The Kier molecular flexibility index (Phi) is 4.09. The Bertz CT molecular complexity index is 120. The molecule has 72 valence electrons. The molecule has 0 aromatic rings. The van der Waals surface area contributed by atoms with E-state index >= 15 is 0 Å². The average Bonchev–Trinajstić information content (AvgIpc) is 2.08. The molecule has 12 heavy (non-hydrogen) atoms. The van der Waals surface area contributed by atoms with E-state index in [4.69, 9.17) is 0 Å². The van der Waals surface area contributed by atoms with E-state index in [2.05, 4.69) is 25.0 Å². The smallest absolute Gasteiger partial charge is 0.0843 e. The fourth-order valence-corrected chi connectivity index (χ4v) is 7.94. The lowest BCUT2D eigenvalue weighted by molar-refractivity contribution is 0.468. The molecule has 0 spiro atoms. The van der Waals surface area contributed by atoms with Crippen LogP contribution in [0.25, 0.3) is 0 Å². The molecule has 1 aliphatic rings. The van der Waals surface area contributed by atoms with E-state index < -0.39 is 0 Å². The van der Waals surface area contributed by atoms with Crippen molar-refractivity contribution >= 4 is 47.0 Å². The second kappa shape index (κ2) is 4.28. The normalized spacial score (nSPS) is 25.0. The van der Waals surface area contributed by atoms with Crippen molar-refractivity contribution in [1.82, 2.24) is 0 Å². The minimum absolute atomic E-state index is 0.478. The molecule has 0 N–H and O–H groups in total. The van der Waals surface area contributed by atoms with E-state index in [0.717, 1.165) is 0 Å². The van der Waals surface area contributed by atoms with Crippen molar-refractivity contribution in [2.24, 2.45) is 0 Å². The molecule has 0 aromatic carbocycles. The van der Waals surface area contributed by atoms with Crippen molar-refractivity contribution in [3.63, 3.8) is 0 Å². The van der Waals surface area contributed by atoms with Crippen LogP contribution in [0, 0.1) is 0 Å². The van der Waals surface area contributed by atoms with Gasteiger partial charge in [0.15, 0.2) is 0 Å². The number of hydrogen-bond acceptors (Lipinski definition) is 4. The van der Waals surface area contributed by atoms with Crippen LogP contribution < -0.4 is 0 Å². The summed E-state index contributed by atoms with van der Waals surface area (Å²) < 4.78 is 0.956. The highest BCUT2D eigenvalue weighted by Crippen LogP contribution is 2.66. The Morgan fingerprint density at radius 3 is 1.00 bits per heavy atom. The maximum atomic E-state index is 2.25. The molecule has 0 heterocycles. The monoisotopic (exact) mass is 240 g/mol. The third-order valence-electron chi connectivity index (χ3n) is 2.68. The minimum Gasteiger partial charge on any atom is -0.145 e. The predicted octanol–water partition coefficient (Wildman–Crippen LogP) is 3.62. The first kappa shape index (κ1) is 11.5. The van der Waals surface area contributed by atoms with Crippen LogP contribution >= 0.6 is 47.0 Å². The average molecular weight is 240 g/mol. The van der Waals surface area contributed by atoms with Gasteiger partial charge < -0.3 is 0 Å². The van der Waals surface area contributed by atoms with Crippen LogP contribution in [-0.2, 0) is 0 Å². The van der Waals surface area contributed by atoms with Gasteiger partial charge in [0.05, 0.1) is 8.16 Å². The first-order valence-corrected chi connectivity index (χ1v) is 8.81. The van der Waals surface area contributed by atoms with Gasteiger partial charge >= 0.3 is 0 Å². The quantitative estimate of drug-likeness (QED) is 0.688. The van der Waals surface area contributed by atoms with E-state index in [-0.39, 0.29) is 0 Å². The second-order valence-electron chi connectivity index (χ2n) is 2.82. The molecule has 1 saturated carbocycles. The van der Waals surface area contributed by atoms with Gasteiger partial charge in [-0.2, -0.15) is 0 Å². The van der Waals surface area contributed by atoms with Crippen LogP contribution in [-0.4, -0.2) is 33.2 Å². The van der Waals surface area contributed by atoms with E-state index in [1.165, 1.54) is 12.8 Å². The summed E-state index contributed by atoms with van der Waals surface area (Å²) in [5.41, 5.74) is 0. The van der Waals surface area contributed by atoms with Crippen LogP contribution in [0.3, 0.4) is 0 Å². The molecule has 0 bridgehead atoms. The van der Waals surface area contributed by atoms with Gasteiger partial charge in [-0.1, -0.05) is 0 Å². The first-order chi connectivity index (χ1) is 5.70. The maximum Gasteiger partial charge on any atom is 0.0843 e. The summed E-state index contributed by atoms with van der Waals surface area (Å²) >= 11 is 8.15. The standard InChI is InChI=1S/C8H16S4/c1-9-7(10-2)5-6-8(7,11-3)12-4/h5-6H2,1-4H3. The molecule has 4 heteroatoms. The van der Waals surface area contributed by atoms with Crippen LogP contribution in [0.4, 0.5) is 0 Å². The van der Waals surface area contributed by atoms with Crippen LogP contribution in [0.15, 0.2) is 0 Å². The molecule has 1 fully saturated rings. The summed E-state index contributed by atoms with van der Waals surface area (Å²) in [5.74, 6) is 0. The van der Waals surface area contributed by atoms with E-state index in [0.29, 0.717) is 8.16 Å². The Balaban J connectivity index is 2.77. The highest BCUT2D eigenvalue weighted by atomic mass is 32.2. The number of hydrogen-bond donors (Lipinski definition) is 0. The van der Waals surface area contributed by atoms with Crippen LogP contribution in [0.1, 0.15) is 12.8 Å². The lowest BCUT2D eigenvalue weighted by atomic mass is 9.96. The highest BCUT2D eigenvalue weighted by Gasteiger charge is 2.58. The Morgan fingerprint density at radius 2 is 0.917 bits per heavy atom. The zero-order valence-electron chi connectivity index (χ0n) is 8.05. The third-order valence-corrected chi connectivity index (χ3v) is 10.0. The van der Waals surface area contributed by atoms with Crippen LogP contribution in [0.5, 0.6) is 0 Å². The summed E-state index contributed by atoms with van der Waals surface area (Å²) in [7, 11) is 0. The molecular weight excluding hydrogens is 224 g/mol. The SMILES string of the molecule is CSC1(SC)CCC1(SC)SC. The van der Waals surface area contributed by atoms with Crippen molar-refractivity contribution in [1.29, 1.82) is 0 Å². The fraction of sp³-hybridized carbons (Fsp3) is 1.00. The van der Waals surface area contributed by atoms with Crippen molar-refractivity contribution in [3.05, 3.63) is 0 Å². The number of rotatable bonds is 4. The van der Waals surface area contributed by atoms with Gasteiger partial charge in [0.25, 0.3) is 0 Å². The van der Waals surface area contributed by atoms with Crippen molar-refractivity contribution in [3.8, 4) is 0 Å². The van der Waals surface area contributed by atoms with Gasteiger partial charge in [-0.15, -0.1) is 47.0 Å². The van der Waals surface area contributed by atoms with Gasteiger partial charge in [0.1, 0.15) is 0 Å². The molecule has 0 aliphatic heterocycles. The first-order valence-electron chi connectivity index (χ1n) is 3.91. The Hall–Kier alpha value is 1.40. The molecular formula is C8H16S4. The zero-order chi connectivity index (χ0) is 9.24.